The summed E-state index contributed by atoms with van der Waals surface area (Å²) in [7, 11) is 0. The zero-order valence-electron chi connectivity index (χ0n) is 8.69. The van der Waals surface area contributed by atoms with Gasteiger partial charge in [-0.1, -0.05) is 6.92 Å². The van der Waals surface area contributed by atoms with Gasteiger partial charge in [0.15, 0.2) is 6.29 Å². The van der Waals surface area contributed by atoms with Gasteiger partial charge in [0.2, 0.25) is 0 Å². The van der Waals surface area contributed by atoms with Crippen LogP contribution in [0.15, 0.2) is 0 Å². The highest BCUT2D eigenvalue weighted by Crippen LogP contribution is 2.17. The molecule has 0 rings (SSSR count). The van der Waals surface area contributed by atoms with Gasteiger partial charge in [-0.05, 0) is 27.2 Å². The molecule has 0 saturated heterocycles. The van der Waals surface area contributed by atoms with Crippen molar-refractivity contribution in [3.8, 4) is 0 Å². The summed E-state index contributed by atoms with van der Waals surface area (Å²) >= 11 is 0. The average molecular weight is 192 g/mol. The largest absolute Gasteiger partial charge is 0.390 e. The topological polar surface area (TPSA) is 69.9 Å². The Kier molecular flexibility index (Phi) is 4.85. The lowest BCUT2D eigenvalue weighted by atomic mass is 10.00. The van der Waals surface area contributed by atoms with E-state index in [0.29, 0.717) is 0 Å². The highest BCUT2D eigenvalue weighted by atomic mass is 16.6. The fourth-order valence-electron chi connectivity index (χ4n) is 0.660. The molecule has 0 aliphatic rings. The van der Waals surface area contributed by atoms with Crippen molar-refractivity contribution in [2.45, 2.75) is 58.2 Å². The summed E-state index contributed by atoms with van der Waals surface area (Å²) in [5.74, 6) is 0. The third-order valence-corrected chi connectivity index (χ3v) is 2.28. The third-order valence-electron chi connectivity index (χ3n) is 2.28. The van der Waals surface area contributed by atoms with Crippen LogP contribution in [-0.2, 0) is 4.74 Å². The van der Waals surface area contributed by atoms with Crippen LogP contribution in [-0.4, -0.2) is 39.4 Å². The summed E-state index contributed by atoms with van der Waals surface area (Å²) in [4.78, 5) is 0. The van der Waals surface area contributed by atoms with E-state index in [1.54, 1.807) is 6.92 Å². The summed E-state index contributed by atoms with van der Waals surface area (Å²) in [6.45, 7) is 6.45. The van der Waals surface area contributed by atoms with E-state index >= 15 is 0 Å². The first-order valence-electron chi connectivity index (χ1n) is 4.56. The van der Waals surface area contributed by atoms with Crippen LogP contribution in [0.2, 0.25) is 0 Å². The van der Waals surface area contributed by atoms with Gasteiger partial charge in [0.1, 0.15) is 5.60 Å². The van der Waals surface area contributed by atoms with Crippen molar-refractivity contribution >= 4 is 0 Å². The lowest BCUT2D eigenvalue weighted by molar-refractivity contribution is -0.249. The van der Waals surface area contributed by atoms with Gasteiger partial charge in [0.25, 0.3) is 0 Å². The molecule has 0 aliphatic heterocycles. The van der Waals surface area contributed by atoms with Crippen LogP contribution in [0, 0.1) is 0 Å². The molecule has 13 heavy (non-hydrogen) atoms. The highest BCUT2D eigenvalue weighted by Gasteiger charge is 2.36. The smallest absolute Gasteiger partial charge is 0.186 e. The summed E-state index contributed by atoms with van der Waals surface area (Å²) in [6, 6.07) is 0. The zero-order chi connectivity index (χ0) is 10.6. The molecule has 0 saturated carbocycles. The molecule has 3 N–H and O–H groups in total. The van der Waals surface area contributed by atoms with Gasteiger partial charge in [-0.3, -0.25) is 0 Å². The minimum Gasteiger partial charge on any atom is -0.390 e. The van der Waals surface area contributed by atoms with E-state index in [0.717, 1.165) is 6.42 Å². The van der Waals surface area contributed by atoms with Gasteiger partial charge in [0, 0.05) is 0 Å². The minimum absolute atomic E-state index is 0.139. The first kappa shape index (κ1) is 12.8. The summed E-state index contributed by atoms with van der Waals surface area (Å²) < 4.78 is 5.07. The van der Waals surface area contributed by atoms with Crippen molar-refractivity contribution < 1.29 is 20.1 Å². The molecule has 4 nitrogen and oxygen atoms in total. The second kappa shape index (κ2) is 4.91. The van der Waals surface area contributed by atoms with Crippen molar-refractivity contribution in [1.82, 2.24) is 0 Å². The summed E-state index contributed by atoms with van der Waals surface area (Å²) in [5.41, 5.74) is -1.62. The Hall–Kier alpha value is -0.160. The standard InChI is InChI=1S/C9H20O4/c1-5-6(2)13-8(11)9(4,12)7(3)10/h6-8,10-12H,5H2,1-4H3/t6?,7-,8+,9-/m0/s1. The Morgan fingerprint density at radius 1 is 1.31 bits per heavy atom. The molecule has 4 atom stereocenters. The molecular weight excluding hydrogens is 172 g/mol. The van der Waals surface area contributed by atoms with Crippen LogP contribution < -0.4 is 0 Å². The van der Waals surface area contributed by atoms with Crippen molar-refractivity contribution in [3.05, 3.63) is 0 Å². The van der Waals surface area contributed by atoms with E-state index < -0.39 is 18.0 Å². The fourth-order valence-corrected chi connectivity index (χ4v) is 0.660. The lowest BCUT2D eigenvalue weighted by Crippen LogP contribution is -2.50. The highest BCUT2D eigenvalue weighted by molar-refractivity contribution is 4.81. The Morgan fingerprint density at radius 2 is 1.77 bits per heavy atom. The molecule has 80 valence electrons. The van der Waals surface area contributed by atoms with E-state index in [9.17, 15) is 10.2 Å². The minimum atomic E-state index is -1.62. The van der Waals surface area contributed by atoms with E-state index in [1.807, 2.05) is 6.92 Å². The van der Waals surface area contributed by atoms with E-state index in [2.05, 4.69) is 0 Å². The number of aliphatic hydroxyl groups excluding tert-OH is 2. The predicted octanol–water partition coefficient (Wildman–Crippen LogP) is 0.252. The molecule has 1 unspecified atom stereocenters. The number of ether oxygens (including phenoxy) is 1. The number of rotatable bonds is 5. The van der Waals surface area contributed by atoms with Gasteiger partial charge < -0.3 is 20.1 Å². The Bertz CT molecular complexity index is 145. The van der Waals surface area contributed by atoms with Crippen LogP contribution in [0.3, 0.4) is 0 Å². The first-order chi connectivity index (χ1) is 5.82. The van der Waals surface area contributed by atoms with Crippen LogP contribution in [0.5, 0.6) is 0 Å². The SMILES string of the molecule is CCC(C)O[C@@H](O)[C@@](C)(O)[C@H](C)O. The number of hydrogen-bond acceptors (Lipinski definition) is 4. The number of aliphatic hydroxyl groups is 3. The first-order valence-corrected chi connectivity index (χ1v) is 4.56. The molecular formula is C9H20O4. The molecule has 0 aromatic rings. The predicted molar refractivity (Wildman–Crippen MR) is 49.1 cm³/mol. The van der Waals surface area contributed by atoms with Crippen molar-refractivity contribution in [2.75, 3.05) is 0 Å². The lowest BCUT2D eigenvalue weighted by Gasteiger charge is -2.32. The van der Waals surface area contributed by atoms with Gasteiger partial charge in [-0.2, -0.15) is 0 Å². The van der Waals surface area contributed by atoms with Crippen LogP contribution in [0.25, 0.3) is 0 Å². The molecule has 4 heteroatoms. The van der Waals surface area contributed by atoms with Crippen molar-refractivity contribution in [1.29, 1.82) is 0 Å². The normalized spacial score (nSPS) is 23.3. The van der Waals surface area contributed by atoms with Crippen LogP contribution in [0.1, 0.15) is 34.1 Å². The average Bonchev–Trinajstić information content (AvgIpc) is 2.03. The molecule has 0 bridgehead atoms. The van der Waals surface area contributed by atoms with Crippen molar-refractivity contribution in [3.63, 3.8) is 0 Å². The van der Waals surface area contributed by atoms with E-state index in [1.165, 1.54) is 13.8 Å². The van der Waals surface area contributed by atoms with E-state index in [-0.39, 0.29) is 6.10 Å². The molecule has 0 aliphatic carbocycles. The van der Waals surface area contributed by atoms with Gasteiger partial charge in [0.05, 0.1) is 12.2 Å². The maximum Gasteiger partial charge on any atom is 0.186 e. The fraction of sp³-hybridized carbons (Fsp3) is 1.00. The molecule has 0 spiro atoms. The van der Waals surface area contributed by atoms with Gasteiger partial charge in [-0.25, -0.2) is 0 Å². The molecule has 0 radical (unpaired) electrons. The molecule has 0 fully saturated rings. The summed E-state index contributed by atoms with van der Waals surface area (Å²) in [6.07, 6.45) is -1.79. The Labute approximate surface area is 79.2 Å². The summed E-state index contributed by atoms with van der Waals surface area (Å²) in [5, 5.41) is 28.1. The second-order valence-electron chi connectivity index (χ2n) is 3.61. The zero-order valence-corrected chi connectivity index (χ0v) is 8.69. The number of hydrogen-bond donors (Lipinski definition) is 3. The van der Waals surface area contributed by atoms with Crippen LogP contribution in [0.4, 0.5) is 0 Å². The van der Waals surface area contributed by atoms with Gasteiger partial charge in [-0.15, -0.1) is 0 Å². The van der Waals surface area contributed by atoms with Crippen molar-refractivity contribution in [2.24, 2.45) is 0 Å². The third kappa shape index (κ3) is 3.60. The Balaban J connectivity index is 4.16. The molecule has 0 amide bonds. The monoisotopic (exact) mass is 192 g/mol. The van der Waals surface area contributed by atoms with Gasteiger partial charge >= 0.3 is 0 Å². The molecule has 0 aromatic carbocycles. The van der Waals surface area contributed by atoms with E-state index in [4.69, 9.17) is 9.84 Å². The maximum atomic E-state index is 9.58. The quantitative estimate of drug-likeness (QED) is 0.546. The molecule has 0 heterocycles. The Morgan fingerprint density at radius 3 is 2.08 bits per heavy atom. The second-order valence-corrected chi connectivity index (χ2v) is 3.61. The van der Waals surface area contributed by atoms with Crippen LogP contribution >= 0.6 is 0 Å². The molecule has 0 aromatic heterocycles. The maximum absolute atomic E-state index is 9.58.